The summed E-state index contributed by atoms with van der Waals surface area (Å²) < 4.78 is 1.94. The Kier molecular flexibility index (Phi) is 4.64. The highest BCUT2D eigenvalue weighted by molar-refractivity contribution is 7.71. The van der Waals surface area contributed by atoms with E-state index < -0.39 is 5.97 Å². The standard InChI is InChI=1S/C25H18N2O3S/c28-24(29)16-7-5-6-15(12-16)14-27-23(31)21(13-26-25(27)30)22-19-10-3-1-8-17(19)18-9-2-4-11-20(18)22/h1-13,22H,14H2,(H,26,30)(H,28,29). The molecule has 4 aromatic rings. The number of rotatable bonds is 4. The van der Waals surface area contributed by atoms with Crippen molar-refractivity contribution in [1.82, 2.24) is 9.55 Å². The molecule has 0 atom stereocenters. The highest BCUT2D eigenvalue weighted by atomic mass is 32.1. The molecule has 0 fully saturated rings. The molecule has 31 heavy (non-hydrogen) atoms. The van der Waals surface area contributed by atoms with Crippen LogP contribution in [0.4, 0.5) is 0 Å². The van der Waals surface area contributed by atoms with Gasteiger partial charge in [0, 0.05) is 17.7 Å². The van der Waals surface area contributed by atoms with Gasteiger partial charge in [0.15, 0.2) is 0 Å². The van der Waals surface area contributed by atoms with E-state index in [1.165, 1.54) is 21.8 Å². The van der Waals surface area contributed by atoms with E-state index in [-0.39, 0.29) is 23.7 Å². The average molecular weight is 426 g/mol. The zero-order valence-corrected chi connectivity index (χ0v) is 17.2. The second-order valence-corrected chi connectivity index (χ2v) is 7.94. The van der Waals surface area contributed by atoms with Crippen LogP contribution in [0.1, 0.15) is 38.5 Å². The number of carbonyl (C=O) groups is 1. The first-order valence-electron chi connectivity index (χ1n) is 9.87. The first kappa shape index (κ1) is 19.2. The number of nitrogens with one attached hydrogen (secondary N) is 1. The van der Waals surface area contributed by atoms with Crippen molar-refractivity contribution < 1.29 is 9.90 Å². The molecule has 5 rings (SSSR count). The molecule has 3 aromatic carbocycles. The summed E-state index contributed by atoms with van der Waals surface area (Å²) in [7, 11) is 0. The van der Waals surface area contributed by atoms with Crippen molar-refractivity contribution in [2.45, 2.75) is 12.5 Å². The predicted molar refractivity (Wildman–Crippen MR) is 121 cm³/mol. The number of aromatic amines is 1. The van der Waals surface area contributed by atoms with E-state index in [0.29, 0.717) is 10.2 Å². The molecule has 1 heterocycles. The van der Waals surface area contributed by atoms with Crippen molar-refractivity contribution in [2.75, 3.05) is 0 Å². The number of fused-ring (bicyclic) bond motifs is 3. The smallest absolute Gasteiger partial charge is 0.335 e. The number of benzene rings is 3. The van der Waals surface area contributed by atoms with Crippen LogP contribution in [-0.2, 0) is 6.54 Å². The fourth-order valence-corrected chi connectivity index (χ4v) is 4.68. The van der Waals surface area contributed by atoms with Crippen molar-refractivity contribution >= 4 is 18.2 Å². The molecule has 0 bridgehead atoms. The van der Waals surface area contributed by atoms with Gasteiger partial charge in [-0.1, -0.05) is 72.9 Å². The maximum Gasteiger partial charge on any atom is 0.335 e. The van der Waals surface area contributed by atoms with Gasteiger partial charge in [-0.05, 0) is 39.9 Å². The Labute approximate surface area is 183 Å². The van der Waals surface area contributed by atoms with E-state index in [2.05, 4.69) is 29.2 Å². The Balaban J connectivity index is 1.65. The molecule has 1 aliphatic carbocycles. The number of carboxylic acid groups (broad SMARTS) is 1. The third kappa shape index (κ3) is 3.21. The molecule has 2 N–H and O–H groups in total. The fraction of sp³-hybridized carbons (Fsp3) is 0.0800. The minimum atomic E-state index is -1.01. The second kappa shape index (κ2) is 7.49. The van der Waals surface area contributed by atoms with Crippen molar-refractivity contribution in [1.29, 1.82) is 0 Å². The molecule has 0 saturated heterocycles. The predicted octanol–water partition coefficient (Wildman–Crippen LogP) is 4.81. The SMILES string of the molecule is O=C(O)c1cccc(Cn2c(=O)[nH]cc(C3c4ccccc4-c4ccccc43)c2=S)c1. The third-order valence-corrected chi connectivity index (χ3v) is 6.20. The minimum absolute atomic E-state index is 0.0756. The van der Waals surface area contributed by atoms with Crippen LogP contribution in [0.3, 0.4) is 0 Å². The van der Waals surface area contributed by atoms with Gasteiger partial charge < -0.3 is 10.1 Å². The van der Waals surface area contributed by atoms with Crippen molar-refractivity contribution in [2.24, 2.45) is 0 Å². The molecule has 0 radical (unpaired) electrons. The summed E-state index contributed by atoms with van der Waals surface area (Å²) in [5.74, 6) is -1.08. The first-order valence-corrected chi connectivity index (χ1v) is 10.3. The van der Waals surface area contributed by atoms with Crippen LogP contribution < -0.4 is 5.69 Å². The lowest BCUT2D eigenvalue weighted by molar-refractivity contribution is 0.0696. The summed E-state index contributed by atoms with van der Waals surface area (Å²) in [5.41, 5.74) is 6.05. The molecule has 6 heteroatoms. The van der Waals surface area contributed by atoms with E-state index in [1.54, 1.807) is 24.4 Å². The van der Waals surface area contributed by atoms with Crippen LogP contribution in [0.25, 0.3) is 11.1 Å². The van der Waals surface area contributed by atoms with Gasteiger partial charge in [0.05, 0.1) is 12.1 Å². The van der Waals surface area contributed by atoms with Crippen molar-refractivity contribution in [3.8, 4) is 11.1 Å². The number of aromatic nitrogens is 2. The van der Waals surface area contributed by atoms with Crippen LogP contribution in [0.5, 0.6) is 0 Å². The van der Waals surface area contributed by atoms with Gasteiger partial charge in [-0.25, -0.2) is 9.59 Å². The fourth-order valence-electron chi connectivity index (χ4n) is 4.35. The summed E-state index contributed by atoms with van der Waals surface area (Å²) in [6.07, 6.45) is 1.71. The Morgan fingerprint density at radius 3 is 2.23 bits per heavy atom. The van der Waals surface area contributed by atoms with Gasteiger partial charge in [-0.15, -0.1) is 0 Å². The molecule has 0 spiro atoms. The Bertz CT molecular complexity index is 1410. The molecule has 152 valence electrons. The van der Waals surface area contributed by atoms with Crippen LogP contribution >= 0.6 is 12.2 Å². The Morgan fingerprint density at radius 2 is 1.58 bits per heavy atom. The molecular formula is C25H18N2O3S. The van der Waals surface area contributed by atoms with E-state index in [4.69, 9.17) is 12.2 Å². The number of carboxylic acids is 1. The molecule has 0 aliphatic heterocycles. The second-order valence-electron chi connectivity index (χ2n) is 7.55. The molecule has 0 amide bonds. The third-order valence-electron chi connectivity index (χ3n) is 5.75. The van der Waals surface area contributed by atoms with E-state index in [1.807, 2.05) is 24.3 Å². The highest BCUT2D eigenvalue weighted by Gasteiger charge is 2.30. The van der Waals surface area contributed by atoms with Crippen LogP contribution in [0, 0.1) is 4.64 Å². The number of aromatic carboxylic acids is 1. The van der Waals surface area contributed by atoms with Gasteiger partial charge in [-0.3, -0.25) is 4.57 Å². The number of hydrogen-bond acceptors (Lipinski definition) is 3. The maximum absolute atomic E-state index is 12.6. The van der Waals surface area contributed by atoms with Gasteiger partial charge in [0.25, 0.3) is 0 Å². The zero-order valence-electron chi connectivity index (χ0n) is 16.4. The maximum atomic E-state index is 12.6. The normalized spacial score (nSPS) is 12.4. The molecule has 1 aromatic heterocycles. The topological polar surface area (TPSA) is 75.1 Å². The number of nitrogens with zero attached hydrogens (tertiary/aromatic N) is 1. The Hall–Kier alpha value is -3.77. The summed E-state index contributed by atoms with van der Waals surface area (Å²) in [6, 6.07) is 23.0. The van der Waals surface area contributed by atoms with Crippen molar-refractivity contribution in [3.05, 3.63) is 122 Å². The molecule has 0 saturated carbocycles. The van der Waals surface area contributed by atoms with Gasteiger partial charge in [-0.2, -0.15) is 0 Å². The number of H-pyrrole nitrogens is 1. The first-order chi connectivity index (χ1) is 15.0. The summed E-state index contributed by atoms with van der Waals surface area (Å²) in [6.45, 7) is 0.194. The minimum Gasteiger partial charge on any atom is -0.478 e. The lowest BCUT2D eigenvalue weighted by Crippen LogP contribution is -2.25. The number of hydrogen-bond donors (Lipinski definition) is 2. The molecule has 0 unspecified atom stereocenters. The molecule has 5 nitrogen and oxygen atoms in total. The van der Waals surface area contributed by atoms with Crippen molar-refractivity contribution in [3.63, 3.8) is 0 Å². The monoisotopic (exact) mass is 426 g/mol. The summed E-state index contributed by atoms with van der Waals surface area (Å²) >= 11 is 5.78. The Morgan fingerprint density at radius 1 is 0.935 bits per heavy atom. The van der Waals surface area contributed by atoms with Gasteiger partial charge >= 0.3 is 11.7 Å². The van der Waals surface area contributed by atoms with Crippen LogP contribution in [0.15, 0.2) is 83.8 Å². The summed E-state index contributed by atoms with van der Waals surface area (Å²) in [4.78, 5) is 26.8. The lowest BCUT2D eigenvalue weighted by Gasteiger charge is -2.17. The average Bonchev–Trinajstić information content (AvgIpc) is 3.11. The van der Waals surface area contributed by atoms with E-state index in [0.717, 1.165) is 16.7 Å². The van der Waals surface area contributed by atoms with E-state index >= 15 is 0 Å². The quantitative estimate of drug-likeness (QED) is 0.404. The molecular weight excluding hydrogens is 408 g/mol. The lowest BCUT2D eigenvalue weighted by atomic mass is 9.91. The van der Waals surface area contributed by atoms with Gasteiger partial charge in [0.2, 0.25) is 0 Å². The van der Waals surface area contributed by atoms with Crippen LogP contribution in [0.2, 0.25) is 0 Å². The van der Waals surface area contributed by atoms with Gasteiger partial charge in [0.1, 0.15) is 4.64 Å². The molecule has 1 aliphatic rings. The highest BCUT2D eigenvalue weighted by Crippen LogP contribution is 2.47. The zero-order chi connectivity index (χ0) is 21.5. The largest absolute Gasteiger partial charge is 0.478 e. The van der Waals surface area contributed by atoms with E-state index in [9.17, 15) is 14.7 Å². The summed E-state index contributed by atoms with van der Waals surface area (Å²) in [5, 5.41) is 9.26. The van der Waals surface area contributed by atoms with Crippen LogP contribution in [-0.4, -0.2) is 20.6 Å².